The van der Waals surface area contributed by atoms with E-state index in [2.05, 4.69) is 5.32 Å². The van der Waals surface area contributed by atoms with Crippen LogP contribution in [0.25, 0.3) is 0 Å². The van der Waals surface area contributed by atoms with Gasteiger partial charge in [0.25, 0.3) is 5.91 Å². The van der Waals surface area contributed by atoms with Crippen molar-refractivity contribution in [3.05, 3.63) is 28.8 Å². The Hall–Kier alpha value is -1.80. The molecule has 1 fully saturated rings. The van der Waals surface area contributed by atoms with Gasteiger partial charge in [-0.1, -0.05) is 11.6 Å². The molecular weight excluding hydrogens is 382 g/mol. The lowest BCUT2D eigenvalue weighted by Gasteiger charge is -2.25. The first-order valence-electron chi connectivity index (χ1n) is 8.36. The van der Waals surface area contributed by atoms with Crippen LogP contribution in [-0.4, -0.2) is 50.6 Å². The average Bonchev–Trinajstić information content (AvgIpc) is 2.92. The molecule has 0 spiro atoms. The zero-order valence-corrected chi connectivity index (χ0v) is 15.8. The molecular formula is C17H20ClNO6S. The average molecular weight is 402 g/mol. The molecule has 0 radical (unpaired) electrons. The van der Waals surface area contributed by atoms with Crippen molar-refractivity contribution in [2.45, 2.75) is 31.9 Å². The zero-order chi connectivity index (χ0) is 18.9. The maximum atomic E-state index is 12.3. The van der Waals surface area contributed by atoms with Crippen LogP contribution >= 0.6 is 11.6 Å². The van der Waals surface area contributed by atoms with E-state index in [-0.39, 0.29) is 18.1 Å². The first-order chi connectivity index (χ1) is 12.2. The maximum Gasteiger partial charge on any atom is 0.313 e. The summed E-state index contributed by atoms with van der Waals surface area (Å²) in [6, 6.07) is 4.78. The van der Waals surface area contributed by atoms with Crippen molar-refractivity contribution < 1.29 is 27.5 Å². The maximum absolute atomic E-state index is 12.3. The third-order valence-corrected chi connectivity index (χ3v) is 6.51. The van der Waals surface area contributed by atoms with E-state index in [4.69, 9.17) is 21.1 Å². The zero-order valence-electron chi connectivity index (χ0n) is 14.2. The van der Waals surface area contributed by atoms with Crippen LogP contribution in [0.5, 0.6) is 5.75 Å². The van der Waals surface area contributed by atoms with Gasteiger partial charge < -0.3 is 14.8 Å². The first kappa shape index (κ1) is 19.0. The Balaban J connectivity index is 1.53. The quantitative estimate of drug-likeness (QED) is 0.759. The molecule has 0 aromatic heterocycles. The molecule has 1 aromatic carbocycles. The summed E-state index contributed by atoms with van der Waals surface area (Å²) < 4.78 is 33.7. The van der Waals surface area contributed by atoms with E-state index in [1.165, 1.54) is 6.92 Å². The Morgan fingerprint density at radius 2 is 2.15 bits per heavy atom. The number of hydrogen-bond acceptors (Lipinski definition) is 6. The number of esters is 1. The fourth-order valence-corrected chi connectivity index (χ4v) is 4.93. The highest BCUT2D eigenvalue weighted by Gasteiger charge is 2.33. The summed E-state index contributed by atoms with van der Waals surface area (Å²) >= 11 is 5.96. The number of nitrogens with one attached hydrogen (secondary N) is 1. The highest BCUT2D eigenvalue weighted by molar-refractivity contribution is 7.91. The summed E-state index contributed by atoms with van der Waals surface area (Å²) in [6.07, 6.45) is -0.210. The van der Waals surface area contributed by atoms with Gasteiger partial charge in [0.1, 0.15) is 12.4 Å². The number of rotatable bonds is 4. The molecule has 1 saturated heterocycles. The highest BCUT2D eigenvalue weighted by atomic mass is 35.5. The Labute approximate surface area is 156 Å². The van der Waals surface area contributed by atoms with Crippen LogP contribution in [0.15, 0.2) is 18.2 Å². The number of benzene rings is 1. The minimum absolute atomic E-state index is 0.0630. The van der Waals surface area contributed by atoms with E-state index in [9.17, 15) is 18.0 Å². The number of sulfone groups is 1. The van der Waals surface area contributed by atoms with Gasteiger partial charge in [-0.3, -0.25) is 9.59 Å². The Kier molecular flexibility index (Phi) is 5.43. The van der Waals surface area contributed by atoms with Crippen molar-refractivity contribution in [1.29, 1.82) is 0 Å². The molecule has 0 saturated carbocycles. The predicted molar refractivity (Wildman–Crippen MR) is 94.9 cm³/mol. The molecule has 1 aromatic rings. The van der Waals surface area contributed by atoms with Crippen molar-refractivity contribution in [3.8, 4) is 5.75 Å². The minimum atomic E-state index is -3.09. The summed E-state index contributed by atoms with van der Waals surface area (Å²) in [5, 5.41) is 3.18. The van der Waals surface area contributed by atoms with Crippen LogP contribution in [-0.2, 0) is 30.6 Å². The van der Waals surface area contributed by atoms with Crippen molar-refractivity contribution >= 4 is 33.3 Å². The van der Waals surface area contributed by atoms with Crippen LogP contribution < -0.4 is 10.1 Å². The number of hydrogen-bond donors (Lipinski definition) is 1. The molecule has 3 atom stereocenters. The van der Waals surface area contributed by atoms with Gasteiger partial charge in [-0.25, -0.2) is 8.42 Å². The lowest BCUT2D eigenvalue weighted by Crippen LogP contribution is -2.43. The van der Waals surface area contributed by atoms with Gasteiger partial charge in [-0.05, 0) is 43.5 Å². The molecule has 0 aliphatic carbocycles. The van der Waals surface area contributed by atoms with Crippen molar-refractivity contribution in [2.24, 2.45) is 5.92 Å². The van der Waals surface area contributed by atoms with E-state index >= 15 is 0 Å². The van der Waals surface area contributed by atoms with Gasteiger partial charge in [0.15, 0.2) is 15.9 Å². The fraction of sp³-hybridized carbons (Fsp3) is 0.529. The van der Waals surface area contributed by atoms with Crippen LogP contribution in [0.3, 0.4) is 0 Å². The number of carbonyl (C=O) groups is 2. The Morgan fingerprint density at radius 1 is 1.38 bits per heavy atom. The SMILES string of the molecule is C[C@@H](OC(=O)[C@H]1COc2ccc(Cl)cc2C1)C(=O)N[C@@H]1CCS(=O)(=O)C1. The number of ether oxygens (including phenoxy) is 2. The predicted octanol–water partition coefficient (Wildman–Crippen LogP) is 1.13. The van der Waals surface area contributed by atoms with Crippen LogP contribution in [0.1, 0.15) is 18.9 Å². The number of halogens is 1. The van der Waals surface area contributed by atoms with Gasteiger partial charge in [-0.2, -0.15) is 0 Å². The molecule has 2 heterocycles. The number of fused-ring (bicyclic) bond motifs is 1. The summed E-state index contributed by atoms with van der Waals surface area (Å²) in [5.74, 6) is -0.881. The summed E-state index contributed by atoms with van der Waals surface area (Å²) in [7, 11) is -3.09. The minimum Gasteiger partial charge on any atom is -0.492 e. The second kappa shape index (κ2) is 7.44. The highest BCUT2D eigenvalue weighted by Crippen LogP contribution is 2.30. The lowest BCUT2D eigenvalue weighted by atomic mass is 9.97. The Bertz CT molecular complexity index is 825. The van der Waals surface area contributed by atoms with Gasteiger partial charge in [0.05, 0.1) is 17.4 Å². The van der Waals surface area contributed by atoms with E-state index in [0.29, 0.717) is 23.6 Å². The molecule has 3 rings (SSSR count). The molecule has 0 unspecified atom stereocenters. The standard InChI is InChI=1S/C17H20ClNO6S/c1-10(16(20)19-14-4-5-26(22,23)9-14)25-17(21)12-6-11-7-13(18)2-3-15(11)24-8-12/h2-3,7,10,12,14H,4-6,8-9H2,1H3,(H,19,20)/t10-,12-,14-/m1/s1. The van der Waals surface area contributed by atoms with E-state index in [1.807, 2.05) is 0 Å². The van der Waals surface area contributed by atoms with Gasteiger partial charge in [0.2, 0.25) is 0 Å². The summed E-state index contributed by atoms with van der Waals surface area (Å²) in [5.41, 5.74) is 0.818. The lowest BCUT2D eigenvalue weighted by molar-refractivity contribution is -0.160. The molecule has 1 N–H and O–H groups in total. The van der Waals surface area contributed by atoms with Gasteiger partial charge in [-0.15, -0.1) is 0 Å². The molecule has 2 aliphatic heterocycles. The van der Waals surface area contributed by atoms with E-state index in [1.54, 1.807) is 18.2 Å². The topological polar surface area (TPSA) is 98.8 Å². The summed E-state index contributed by atoms with van der Waals surface area (Å²) in [6.45, 7) is 1.63. The van der Waals surface area contributed by atoms with Crippen molar-refractivity contribution in [1.82, 2.24) is 5.32 Å². The van der Waals surface area contributed by atoms with Crippen LogP contribution in [0.4, 0.5) is 0 Å². The molecule has 7 nitrogen and oxygen atoms in total. The smallest absolute Gasteiger partial charge is 0.313 e. The Morgan fingerprint density at radius 3 is 2.85 bits per heavy atom. The second-order valence-corrected chi connectivity index (χ2v) is 9.32. The van der Waals surface area contributed by atoms with Gasteiger partial charge >= 0.3 is 5.97 Å². The third kappa shape index (κ3) is 4.48. The molecule has 26 heavy (non-hydrogen) atoms. The van der Waals surface area contributed by atoms with Gasteiger partial charge in [0, 0.05) is 11.1 Å². The number of carbonyl (C=O) groups excluding carboxylic acids is 2. The monoisotopic (exact) mass is 401 g/mol. The normalized spacial score (nSPS) is 24.8. The largest absolute Gasteiger partial charge is 0.492 e. The van der Waals surface area contributed by atoms with Crippen LogP contribution in [0.2, 0.25) is 5.02 Å². The summed E-state index contributed by atoms with van der Waals surface area (Å²) in [4.78, 5) is 24.5. The molecule has 142 valence electrons. The van der Waals surface area contributed by atoms with E-state index in [0.717, 1.165) is 5.56 Å². The third-order valence-electron chi connectivity index (χ3n) is 4.50. The van der Waals surface area contributed by atoms with Crippen molar-refractivity contribution in [2.75, 3.05) is 18.1 Å². The van der Waals surface area contributed by atoms with Crippen LogP contribution in [0, 0.1) is 5.92 Å². The first-order valence-corrected chi connectivity index (χ1v) is 10.6. The van der Waals surface area contributed by atoms with Crippen molar-refractivity contribution in [3.63, 3.8) is 0 Å². The molecule has 2 aliphatic rings. The molecule has 1 amide bonds. The fourth-order valence-electron chi connectivity index (χ4n) is 3.07. The van der Waals surface area contributed by atoms with E-state index < -0.39 is 39.8 Å². The second-order valence-electron chi connectivity index (χ2n) is 6.65. The number of amides is 1. The molecule has 0 bridgehead atoms. The molecule has 9 heteroatoms.